The second-order valence-electron chi connectivity index (χ2n) is 4.33. The quantitative estimate of drug-likeness (QED) is 0.743. The number of rotatable bonds is 6. The third-order valence-corrected chi connectivity index (χ3v) is 3.01. The Balaban J connectivity index is 2.60. The standard InChI is InChI=1S/C11H20N2O4/c1-8(10(14)15)12(2)11(16)13(6-7-17-3)9-4-5-9/h8-9H,4-7H2,1-3H3,(H,14,15). The lowest BCUT2D eigenvalue weighted by Crippen LogP contribution is -2.49. The largest absolute Gasteiger partial charge is 0.480 e. The Morgan fingerprint density at radius 3 is 2.47 bits per heavy atom. The monoisotopic (exact) mass is 244 g/mol. The molecule has 1 atom stereocenters. The van der Waals surface area contributed by atoms with Gasteiger partial charge in [-0.25, -0.2) is 9.59 Å². The van der Waals surface area contributed by atoms with E-state index in [1.54, 1.807) is 12.0 Å². The summed E-state index contributed by atoms with van der Waals surface area (Å²) in [5, 5.41) is 8.88. The van der Waals surface area contributed by atoms with Crippen molar-refractivity contribution in [3.05, 3.63) is 0 Å². The molecule has 98 valence electrons. The van der Waals surface area contributed by atoms with E-state index in [0.717, 1.165) is 12.8 Å². The van der Waals surface area contributed by atoms with E-state index in [1.165, 1.54) is 18.9 Å². The Morgan fingerprint density at radius 2 is 2.06 bits per heavy atom. The smallest absolute Gasteiger partial charge is 0.326 e. The van der Waals surface area contributed by atoms with Crippen LogP contribution in [-0.2, 0) is 9.53 Å². The van der Waals surface area contributed by atoms with E-state index in [4.69, 9.17) is 9.84 Å². The fourth-order valence-electron chi connectivity index (χ4n) is 1.54. The van der Waals surface area contributed by atoms with Crippen molar-refractivity contribution in [2.24, 2.45) is 0 Å². The zero-order valence-electron chi connectivity index (χ0n) is 10.5. The Kier molecular flexibility index (Phi) is 4.74. The van der Waals surface area contributed by atoms with Crippen LogP contribution in [0.25, 0.3) is 0 Å². The third kappa shape index (κ3) is 3.59. The van der Waals surface area contributed by atoms with E-state index < -0.39 is 12.0 Å². The number of carbonyl (C=O) groups is 2. The number of methoxy groups -OCH3 is 1. The van der Waals surface area contributed by atoms with Crippen LogP contribution in [0.1, 0.15) is 19.8 Å². The molecule has 2 amide bonds. The minimum absolute atomic E-state index is 0.237. The van der Waals surface area contributed by atoms with E-state index >= 15 is 0 Å². The highest BCUT2D eigenvalue weighted by Gasteiger charge is 2.35. The summed E-state index contributed by atoms with van der Waals surface area (Å²) in [6.45, 7) is 2.48. The minimum atomic E-state index is -0.997. The first kappa shape index (κ1) is 13.8. The number of aliphatic carboxylic acids is 1. The van der Waals surface area contributed by atoms with Gasteiger partial charge in [0, 0.05) is 26.7 Å². The van der Waals surface area contributed by atoms with Crippen molar-refractivity contribution >= 4 is 12.0 Å². The molecule has 0 bridgehead atoms. The summed E-state index contributed by atoms with van der Waals surface area (Å²) in [6.07, 6.45) is 1.98. The first-order valence-corrected chi connectivity index (χ1v) is 5.74. The number of nitrogens with zero attached hydrogens (tertiary/aromatic N) is 2. The van der Waals surface area contributed by atoms with Gasteiger partial charge in [-0.3, -0.25) is 0 Å². The van der Waals surface area contributed by atoms with Gasteiger partial charge in [0.2, 0.25) is 0 Å². The second-order valence-corrected chi connectivity index (χ2v) is 4.33. The molecule has 1 unspecified atom stereocenters. The highest BCUT2D eigenvalue weighted by Crippen LogP contribution is 2.27. The summed E-state index contributed by atoms with van der Waals surface area (Å²) in [6, 6.07) is -0.799. The lowest BCUT2D eigenvalue weighted by Gasteiger charge is -2.30. The van der Waals surface area contributed by atoms with Gasteiger partial charge in [0.1, 0.15) is 6.04 Å². The van der Waals surface area contributed by atoms with Crippen LogP contribution in [0.15, 0.2) is 0 Å². The molecule has 1 aliphatic rings. The Morgan fingerprint density at radius 1 is 1.47 bits per heavy atom. The van der Waals surface area contributed by atoms with Gasteiger partial charge in [-0.1, -0.05) is 0 Å². The van der Waals surface area contributed by atoms with Crippen LogP contribution in [-0.4, -0.2) is 66.3 Å². The van der Waals surface area contributed by atoms with E-state index in [-0.39, 0.29) is 12.1 Å². The van der Waals surface area contributed by atoms with Crippen molar-refractivity contribution in [3.63, 3.8) is 0 Å². The summed E-state index contributed by atoms with van der Waals surface area (Å²) in [5.74, 6) is -0.997. The van der Waals surface area contributed by atoms with E-state index in [2.05, 4.69) is 0 Å². The molecule has 0 radical (unpaired) electrons. The van der Waals surface area contributed by atoms with Crippen molar-refractivity contribution in [1.29, 1.82) is 0 Å². The number of hydrogen-bond donors (Lipinski definition) is 1. The highest BCUT2D eigenvalue weighted by molar-refractivity contribution is 5.82. The SMILES string of the molecule is COCCN(C(=O)N(C)C(C)C(=O)O)C1CC1. The van der Waals surface area contributed by atoms with Crippen LogP contribution in [0.5, 0.6) is 0 Å². The lowest BCUT2D eigenvalue weighted by molar-refractivity contribution is -0.141. The molecule has 0 aromatic carbocycles. The average Bonchev–Trinajstić information content (AvgIpc) is 3.11. The van der Waals surface area contributed by atoms with Crippen molar-refractivity contribution in [1.82, 2.24) is 9.80 Å². The molecular formula is C11H20N2O4. The Labute approximate surface area is 101 Å². The van der Waals surface area contributed by atoms with Gasteiger partial charge in [0.05, 0.1) is 6.61 Å². The molecule has 6 nitrogen and oxygen atoms in total. The van der Waals surface area contributed by atoms with Gasteiger partial charge in [0.25, 0.3) is 0 Å². The van der Waals surface area contributed by atoms with Gasteiger partial charge in [0.15, 0.2) is 0 Å². The minimum Gasteiger partial charge on any atom is -0.480 e. The van der Waals surface area contributed by atoms with E-state index in [9.17, 15) is 9.59 Å². The first-order valence-electron chi connectivity index (χ1n) is 5.74. The van der Waals surface area contributed by atoms with Crippen molar-refractivity contribution in [2.45, 2.75) is 31.8 Å². The van der Waals surface area contributed by atoms with Crippen molar-refractivity contribution in [3.8, 4) is 0 Å². The molecule has 0 heterocycles. The molecule has 1 rings (SSSR count). The zero-order chi connectivity index (χ0) is 13.0. The number of carboxylic acids is 1. The molecule has 0 aliphatic heterocycles. The third-order valence-electron chi connectivity index (χ3n) is 3.01. The summed E-state index contributed by atoms with van der Waals surface area (Å²) < 4.78 is 4.96. The fraction of sp³-hybridized carbons (Fsp3) is 0.818. The van der Waals surface area contributed by atoms with E-state index in [1.807, 2.05) is 0 Å². The predicted molar refractivity (Wildman–Crippen MR) is 61.9 cm³/mol. The van der Waals surface area contributed by atoms with Crippen LogP contribution in [0.2, 0.25) is 0 Å². The van der Waals surface area contributed by atoms with Crippen molar-refractivity contribution in [2.75, 3.05) is 27.3 Å². The normalized spacial score (nSPS) is 16.4. The highest BCUT2D eigenvalue weighted by atomic mass is 16.5. The van der Waals surface area contributed by atoms with Crippen LogP contribution >= 0.6 is 0 Å². The molecule has 6 heteroatoms. The van der Waals surface area contributed by atoms with E-state index in [0.29, 0.717) is 13.2 Å². The summed E-state index contributed by atoms with van der Waals surface area (Å²) in [7, 11) is 3.10. The maximum atomic E-state index is 12.1. The number of likely N-dealkylation sites (N-methyl/N-ethyl adjacent to an activating group) is 1. The molecule has 1 N–H and O–H groups in total. The predicted octanol–water partition coefficient (Wildman–Crippen LogP) is 0.622. The second kappa shape index (κ2) is 5.86. The summed E-state index contributed by atoms with van der Waals surface area (Å²) in [5.41, 5.74) is 0. The summed E-state index contributed by atoms with van der Waals surface area (Å²) in [4.78, 5) is 25.9. The molecular weight excluding hydrogens is 224 g/mol. The van der Waals surface area contributed by atoms with Gasteiger partial charge >= 0.3 is 12.0 Å². The maximum Gasteiger partial charge on any atom is 0.326 e. The zero-order valence-corrected chi connectivity index (χ0v) is 10.5. The topological polar surface area (TPSA) is 70.1 Å². The number of carbonyl (C=O) groups excluding carboxylic acids is 1. The van der Waals surface area contributed by atoms with Crippen molar-refractivity contribution < 1.29 is 19.4 Å². The molecule has 1 saturated carbocycles. The fourth-order valence-corrected chi connectivity index (χ4v) is 1.54. The van der Waals surface area contributed by atoms with Gasteiger partial charge in [-0.2, -0.15) is 0 Å². The molecule has 0 aromatic rings. The number of hydrogen-bond acceptors (Lipinski definition) is 3. The molecule has 0 aromatic heterocycles. The summed E-state index contributed by atoms with van der Waals surface area (Å²) >= 11 is 0. The average molecular weight is 244 g/mol. The Hall–Kier alpha value is -1.30. The molecule has 1 fully saturated rings. The van der Waals surface area contributed by atoms with Crippen LogP contribution in [0, 0.1) is 0 Å². The van der Waals surface area contributed by atoms with Gasteiger partial charge < -0.3 is 19.6 Å². The van der Waals surface area contributed by atoms with Gasteiger partial charge in [-0.05, 0) is 19.8 Å². The van der Waals surface area contributed by atoms with Gasteiger partial charge in [-0.15, -0.1) is 0 Å². The number of ether oxygens (including phenoxy) is 1. The number of amides is 2. The first-order chi connectivity index (χ1) is 7.99. The molecule has 0 saturated heterocycles. The molecule has 17 heavy (non-hydrogen) atoms. The Bertz CT molecular complexity index is 291. The number of carboxylic acid groups (broad SMARTS) is 1. The van der Waals surface area contributed by atoms with Crippen LogP contribution < -0.4 is 0 Å². The maximum absolute atomic E-state index is 12.1. The lowest BCUT2D eigenvalue weighted by atomic mass is 10.3. The van der Waals surface area contributed by atoms with Crippen LogP contribution in [0.3, 0.4) is 0 Å². The molecule has 0 spiro atoms. The molecule has 1 aliphatic carbocycles. The number of urea groups is 1. The van der Waals surface area contributed by atoms with Crippen LogP contribution in [0.4, 0.5) is 4.79 Å².